The van der Waals surface area contributed by atoms with Crippen LogP contribution in [0.3, 0.4) is 0 Å². The second-order valence-corrected chi connectivity index (χ2v) is 18.5. The van der Waals surface area contributed by atoms with Crippen LogP contribution in [0.4, 0.5) is 0 Å². The molecule has 0 aliphatic carbocycles. The number of hydrogen-bond acceptors (Lipinski definition) is 6. The van der Waals surface area contributed by atoms with Gasteiger partial charge in [-0.25, -0.2) is 0 Å². The van der Waals surface area contributed by atoms with Crippen molar-refractivity contribution in [3.63, 3.8) is 0 Å². The lowest BCUT2D eigenvalue weighted by atomic mass is 10.0. The minimum Gasteiger partial charge on any atom is -0.462 e. The molecule has 0 aromatic heterocycles. The molecule has 0 saturated heterocycles. The van der Waals surface area contributed by atoms with Gasteiger partial charge in [-0.05, 0) is 57.8 Å². The molecule has 0 heterocycles. The highest BCUT2D eigenvalue weighted by atomic mass is 16.6. The van der Waals surface area contributed by atoms with E-state index in [1.807, 2.05) is 0 Å². The SMILES string of the molecule is CCCCC/C=C/C/C=C/C/C=C/C/C=C/CCCC(=O)OC[C@@H](COC(=O)CCCCCCCCCCCCCCC)OC(=O)CCCCCCCCCCCCCCCCCC. The molecule has 0 bridgehead atoms. The molecule has 0 aromatic carbocycles. The summed E-state index contributed by atoms with van der Waals surface area (Å²) in [6.45, 7) is 6.59. The van der Waals surface area contributed by atoms with Gasteiger partial charge in [-0.15, -0.1) is 0 Å². The first-order chi connectivity index (χ1) is 31.5. The number of unbranched alkanes of at least 4 members (excludes halogenated alkanes) is 31. The molecule has 0 radical (unpaired) electrons. The van der Waals surface area contributed by atoms with E-state index in [-0.39, 0.29) is 37.5 Å². The molecule has 64 heavy (non-hydrogen) atoms. The first-order valence-electron chi connectivity index (χ1n) is 27.6. The summed E-state index contributed by atoms with van der Waals surface area (Å²) < 4.78 is 16.8. The third kappa shape index (κ3) is 50.4. The van der Waals surface area contributed by atoms with Gasteiger partial charge in [0, 0.05) is 19.3 Å². The van der Waals surface area contributed by atoms with Gasteiger partial charge in [-0.1, -0.05) is 256 Å². The Labute approximate surface area is 397 Å². The van der Waals surface area contributed by atoms with E-state index in [1.54, 1.807) is 0 Å². The smallest absolute Gasteiger partial charge is 0.306 e. The fraction of sp³-hybridized carbons (Fsp3) is 0.810. The molecular formula is C58H104O6. The van der Waals surface area contributed by atoms with Crippen molar-refractivity contribution in [2.75, 3.05) is 13.2 Å². The number of esters is 3. The van der Waals surface area contributed by atoms with Crippen LogP contribution in [0, 0.1) is 0 Å². The van der Waals surface area contributed by atoms with E-state index < -0.39 is 6.10 Å². The Morgan fingerprint density at radius 3 is 0.938 bits per heavy atom. The van der Waals surface area contributed by atoms with Crippen LogP contribution in [0.15, 0.2) is 48.6 Å². The predicted molar refractivity (Wildman–Crippen MR) is 275 cm³/mol. The average Bonchev–Trinajstić information content (AvgIpc) is 3.29. The quantitative estimate of drug-likeness (QED) is 0.0262. The van der Waals surface area contributed by atoms with Crippen molar-refractivity contribution in [2.24, 2.45) is 0 Å². The van der Waals surface area contributed by atoms with Gasteiger partial charge in [-0.3, -0.25) is 14.4 Å². The van der Waals surface area contributed by atoms with Crippen LogP contribution in [0.1, 0.15) is 284 Å². The van der Waals surface area contributed by atoms with E-state index in [1.165, 1.54) is 173 Å². The molecule has 0 saturated carbocycles. The van der Waals surface area contributed by atoms with Crippen LogP contribution in [0.5, 0.6) is 0 Å². The number of carbonyl (C=O) groups is 3. The normalized spacial score (nSPS) is 12.4. The predicted octanol–water partition coefficient (Wildman–Crippen LogP) is 18.3. The second kappa shape index (κ2) is 53.0. The van der Waals surface area contributed by atoms with E-state index >= 15 is 0 Å². The zero-order chi connectivity index (χ0) is 46.5. The summed E-state index contributed by atoms with van der Waals surface area (Å²) in [7, 11) is 0. The van der Waals surface area contributed by atoms with Crippen molar-refractivity contribution < 1.29 is 28.6 Å². The minimum atomic E-state index is -0.790. The van der Waals surface area contributed by atoms with Crippen LogP contribution < -0.4 is 0 Å². The van der Waals surface area contributed by atoms with Gasteiger partial charge < -0.3 is 14.2 Å². The summed E-state index contributed by atoms with van der Waals surface area (Å²) in [6, 6.07) is 0. The maximum absolute atomic E-state index is 12.8. The zero-order valence-electron chi connectivity index (χ0n) is 42.6. The first-order valence-corrected chi connectivity index (χ1v) is 27.6. The molecule has 372 valence electrons. The fourth-order valence-electron chi connectivity index (χ4n) is 7.91. The lowest BCUT2D eigenvalue weighted by Crippen LogP contribution is -2.30. The zero-order valence-corrected chi connectivity index (χ0v) is 42.6. The van der Waals surface area contributed by atoms with Crippen molar-refractivity contribution in [3.8, 4) is 0 Å². The van der Waals surface area contributed by atoms with E-state index in [0.29, 0.717) is 19.3 Å². The van der Waals surface area contributed by atoms with E-state index in [9.17, 15) is 14.4 Å². The highest BCUT2D eigenvalue weighted by molar-refractivity contribution is 5.71. The van der Waals surface area contributed by atoms with E-state index in [2.05, 4.69) is 69.4 Å². The first kappa shape index (κ1) is 61.4. The lowest BCUT2D eigenvalue weighted by Gasteiger charge is -2.18. The van der Waals surface area contributed by atoms with Crippen molar-refractivity contribution >= 4 is 17.9 Å². The average molecular weight is 897 g/mol. The monoisotopic (exact) mass is 897 g/mol. The molecule has 1 atom stereocenters. The minimum absolute atomic E-state index is 0.0858. The van der Waals surface area contributed by atoms with Crippen molar-refractivity contribution in [2.45, 2.75) is 290 Å². The summed E-state index contributed by atoms with van der Waals surface area (Å²) in [5.74, 6) is -0.931. The van der Waals surface area contributed by atoms with Crippen LogP contribution in [-0.4, -0.2) is 37.2 Å². The maximum atomic E-state index is 12.8. The van der Waals surface area contributed by atoms with Crippen LogP contribution >= 0.6 is 0 Å². The third-order valence-corrected chi connectivity index (χ3v) is 12.1. The number of carbonyl (C=O) groups excluding carboxylic acids is 3. The molecule has 0 unspecified atom stereocenters. The van der Waals surface area contributed by atoms with Gasteiger partial charge in [0.15, 0.2) is 6.10 Å². The molecule has 6 heteroatoms. The Bertz CT molecular complexity index is 1120. The maximum Gasteiger partial charge on any atom is 0.306 e. The van der Waals surface area contributed by atoms with Crippen molar-refractivity contribution in [3.05, 3.63) is 48.6 Å². The molecule has 0 spiro atoms. The molecule has 0 N–H and O–H groups in total. The van der Waals surface area contributed by atoms with Gasteiger partial charge in [0.2, 0.25) is 0 Å². The van der Waals surface area contributed by atoms with Gasteiger partial charge in [0.25, 0.3) is 0 Å². The van der Waals surface area contributed by atoms with E-state index in [4.69, 9.17) is 14.2 Å². The summed E-state index contributed by atoms with van der Waals surface area (Å²) in [5, 5.41) is 0. The number of allylic oxidation sites excluding steroid dienone is 8. The van der Waals surface area contributed by atoms with E-state index in [0.717, 1.165) is 64.2 Å². The third-order valence-electron chi connectivity index (χ3n) is 12.1. The van der Waals surface area contributed by atoms with Crippen LogP contribution in [-0.2, 0) is 28.6 Å². The molecular weight excluding hydrogens is 793 g/mol. The van der Waals surface area contributed by atoms with Crippen LogP contribution in [0.2, 0.25) is 0 Å². The number of rotatable bonds is 50. The summed E-state index contributed by atoms with van der Waals surface area (Å²) in [6.07, 6.45) is 63.8. The highest BCUT2D eigenvalue weighted by Crippen LogP contribution is 2.16. The van der Waals surface area contributed by atoms with Crippen LogP contribution in [0.25, 0.3) is 0 Å². The lowest BCUT2D eigenvalue weighted by molar-refractivity contribution is -0.167. The van der Waals surface area contributed by atoms with Gasteiger partial charge >= 0.3 is 17.9 Å². The second-order valence-electron chi connectivity index (χ2n) is 18.5. The Morgan fingerprint density at radius 2 is 0.578 bits per heavy atom. The Kier molecular flexibility index (Phi) is 50.8. The molecule has 0 fully saturated rings. The van der Waals surface area contributed by atoms with Gasteiger partial charge in [-0.2, -0.15) is 0 Å². The Morgan fingerprint density at radius 1 is 0.312 bits per heavy atom. The number of ether oxygens (including phenoxy) is 3. The Balaban J connectivity index is 4.43. The Hall–Kier alpha value is -2.63. The largest absolute Gasteiger partial charge is 0.462 e. The standard InChI is InChI=1S/C58H104O6/c1-4-7-10-13-16-19-22-25-27-29-31-33-36-39-42-45-48-51-57(60)63-54-55(53-62-56(59)50-47-44-41-38-35-32-24-21-18-15-12-9-6-3)64-58(61)52-49-46-43-40-37-34-30-28-26-23-20-17-14-11-8-5-2/h16,19,25,27,31,33,39,42,55H,4-15,17-18,20-24,26,28-30,32,34-38,40-41,43-54H2,1-3H3/b19-16+,27-25+,33-31+,42-39+/t55-/m1/s1. The van der Waals surface area contributed by atoms with Crippen molar-refractivity contribution in [1.82, 2.24) is 0 Å². The summed E-state index contributed by atoms with van der Waals surface area (Å²) >= 11 is 0. The highest BCUT2D eigenvalue weighted by Gasteiger charge is 2.19. The molecule has 0 aliphatic rings. The van der Waals surface area contributed by atoms with Crippen molar-refractivity contribution in [1.29, 1.82) is 0 Å². The summed E-state index contributed by atoms with van der Waals surface area (Å²) in [4.78, 5) is 38.0. The van der Waals surface area contributed by atoms with Gasteiger partial charge in [0.05, 0.1) is 0 Å². The molecule has 0 amide bonds. The molecule has 0 aromatic rings. The number of hydrogen-bond donors (Lipinski definition) is 0. The van der Waals surface area contributed by atoms with Gasteiger partial charge in [0.1, 0.15) is 13.2 Å². The molecule has 0 aliphatic heterocycles. The molecule has 0 rings (SSSR count). The topological polar surface area (TPSA) is 78.9 Å². The molecule has 6 nitrogen and oxygen atoms in total. The fourth-order valence-corrected chi connectivity index (χ4v) is 7.91. The summed E-state index contributed by atoms with van der Waals surface area (Å²) in [5.41, 5.74) is 0.